The standard InChI is InChI=1S/C14H15ClN2O2/c15-12-2-1-11-3-4-17(13(11)9-12)10-14(18)16-5-7-19-8-6-16/h1-4,9H,5-8,10H2. The number of hydrogen-bond donors (Lipinski definition) is 0. The summed E-state index contributed by atoms with van der Waals surface area (Å²) in [6.45, 7) is 2.97. The molecule has 1 aliphatic rings. The van der Waals surface area contributed by atoms with Crippen LogP contribution in [0.25, 0.3) is 10.9 Å². The number of hydrogen-bond acceptors (Lipinski definition) is 2. The molecule has 5 heteroatoms. The van der Waals surface area contributed by atoms with Crippen LogP contribution in [-0.4, -0.2) is 41.7 Å². The highest BCUT2D eigenvalue weighted by molar-refractivity contribution is 6.31. The Labute approximate surface area is 116 Å². The molecular formula is C14H15ClN2O2. The van der Waals surface area contributed by atoms with Gasteiger partial charge >= 0.3 is 0 Å². The van der Waals surface area contributed by atoms with E-state index < -0.39 is 0 Å². The molecular weight excluding hydrogens is 264 g/mol. The fraction of sp³-hybridized carbons (Fsp3) is 0.357. The molecule has 0 atom stereocenters. The Kier molecular flexibility index (Phi) is 3.44. The van der Waals surface area contributed by atoms with Gasteiger partial charge in [-0.3, -0.25) is 4.79 Å². The molecule has 1 fully saturated rings. The Hall–Kier alpha value is -1.52. The molecule has 0 radical (unpaired) electrons. The number of halogens is 1. The van der Waals surface area contributed by atoms with Crippen LogP contribution in [0.1, 0.15) is 0 Å². The summed E-state index contributed by atoms with van der Waals surface area (Å²) in [6.07, 6.45) is 1.93. The first kappa shape index (κ1) is 12.5. The van der Waals surface area contributed by atoms with E-state index in [9.17, 15) is 4.79 Å². The van der Waals surface area contributed by atoms with Gasteiger partial charge in [0.05, 0.1) is 13.2 Å². The smallest absolute Gasteiger partial charge is 0.242 e. The van der Waals surface area contributed by atoms with Crippen molar-refractivity contribution in [3.05, 3.63) is 35.5 Å². The lowest BCUT2D eigenvalue weighted by Crippen LogP contribution is -2.42. The Morgan fingerprint density at radius 1 is 1.26 bits per heavy atom. The maximum absolute atomic E-state index is 12.2. The summed E-state index contributed by atoms with van der Waals surface area (Å²) in [5.74, 6) is 0.126. The summed E-state index contributed by atoms with van der Waals surface area (Å²) in [7, 11) is 0. The first-order valence-corrected chi connectivity index (χ1v) is 6.72. The topological polar surface area (TPSA) is 34.5 Å². The monoisotopic (exact) mass is 278 g/mol. The second-order valence-electron chi connectivity index (χ2n) is 4.64. The molecule has 0 spiro atoms. The summed E-state index contributed by atoms with van der Waals surface area (Å²) in [6, 6.07) is 7.72. The molecule has 1 aromatic carbocycles. The minimum Gasteiger partial charge on any atom is -0.378 e. The van der Waals surface area contributed by atoms with Crippen LogP contribution < -0.4 is 0 Å². The highest BCUT2D eigenvalue weighted by atomic mass is 35.5. The lowest BCUT2D eigenvalue weighted by atomic mass is 10.2. The number of carbonyl (C=O) groups excluding carboxylic acids is 1. The number of amides is 1. The molecule has 0 N–H and O–H groups in total. The van der Waals surface area contributed by atoms with Crippen LogP contribution in [0, 0.1) is 0 Å². The van der Waals surface area contributed by atoms with E-state index in [0.29, 0.717) is 37.9 Å². The van der Waals surface area contributed by atoms with Crippen molar-refractivity contribution in [2.24, 2.45) is 0 Å². The molecule has 1 amide bonds. The average molecular weight is 279 g/mol. The average Bonchev–Trinajstić information content (AvgIpc) is 2.82. The second kappa shape index (κ2) is 5.23. The minimum atomic E-state index is 0.126. The SMILES string of the molecule is O=C(Cn1ccc2ccc(Cl)cc21)N1CCOCC1. The van der Waals surface area contributed by atoms with Gasteiger partial charge in [0, 0.05) is 29.8 Å². The highest BCUT2D eigenvalue weighted by Crippen LogP contribution is 2.20. The number of benzene rings is 1. The number of fused-ring (bicyclic) bond motifs is 1. The van der Waals surface area contributed by atoms with E-state index in [1.165, 1.54) is 0 Å². The first-order valence-electron chi connectivity index (χ1n) is 6.34. The third-order valence-corrected chi connectivity index (χ3v) is 3.64. The normalized spacial score (nSPS) is 15.9. The van der Waals surface area contributed by atoms with Crippen molar-refractivity contribution >= 4 is 28.4 Å². The Balaban J connectivity index is 1.80. The number of ether oxygens (including phenoxy) is 1. The second-order valence-corrected chi connectivity index (χ2v) is 5.08. The lowest BCUT2D eigenvalue weighted by Gasteiger charge is -2.27. The van der Waals surface area contributed by atoms with E-state index in [-0.39, 0.29) is 5.91 Å². The van der Waals surface area contributed by atoms with Crippen LogP contribution in [-0.2, 0) is 16.1 Å². The molecule has 3 rings (SSSR count). The lowest BCUT2D eigenvalue weighted by molar-refractivity contribution is -0.135. The quantitative estimate of drug-likeness (QED) is 0.844. The van der Waals surface area contributed by atoms with Crippen molar-refractivity contribution in [1.82, 2.24) is 9.47 Å². The maximum Gasteiger partial charge on any atom is 0.242 e. The predicted molar refractivity (Wildman–Crippen MR) is 74.3 cm³/mol. The van der Waals surface area contributed by atoms with Gasteiger partial charge in [0.15, 0.2) is 0 Å². The number of aromatic nitrogens is 1. The van der Waals surface area contributed by atoms with Gasteiger partial charge in [-0.15, -0.1) is 0 Å². The van der Waals surface area contributed by atoms with Gasteiger partial charge in [-0.05, 0) is 23.6 Å². The molecule has 1 aliphatic heterocycles. The predicted octanol–water partition coefficient (Wildman–Crippen LogP) is 2.15. The molecule has 0 aliphatic carbocycles. The molecule has 0 unspecified atom stereocenters. The highest BCUT2D eigenvalue weighted by Gasteiger charge is 2.17. The molecule has 4 nitrogen and oxygen atoms in total. The fourth-order valence-electron chi connectivity index (χ4n) is 2.35. The molecule has 1 saturated heterocycles. The number of carbonyl (C=O) groups is 1. The van der Waals surface area contributed by atoms with Gasteiger partial charge in [0.25, 0.3) is 0 Å². The number of rotatable bonds is 2. The summed E-state index contributed by atoms with van der Waals surface area (Å²) >= 11 is 6.01. The fourth-order valence-corrected chi connectivity index (χ4v) is 2.52. The van der Waals surface area contributed by atoms with Crippen molar-refractivity contribution in [1.29, 1.82) is 0 Å². The summed E-state index contributed by atoms with van der Waals surface area (Å²) in [5, 5.41) is 1.78. The van der Waals surface area contributed by atoms with Gasteiger partial charge in [0.2, 0.25) is 5.91 Å². The van der Waals surface area contributed by atoms with E-state index in [0.717, 1.165) is 10.9 Å². The molecule has 0 saturated carbocycles. The minimum absolute atomic E-state index is 0.126. The zero-order valence-electron chi connectivity index (χ0n) is 10.5. The van der Waals surface area contributed by atoms with E-state index in [1.54, 1.807) is 0 Å². The Morgan fingerprint density at radius 3 is 2.84 bits per heavy atom. The molecule has 1 aromatic heterocycles. The van der Waals surface area contributed by atoms with Gasteiger partial charge in [-0.1, -0.05) is 17.7 Å². The summed E-state index contributed by atoms with van der Waals surface area (Å²) in [4.78, 5) is 14.1. The molecule has 2 aromatic rings. The van der Waals surface area contributed by atoms with E-state index >= 15 is 0 Å². The van der Waals surface area contributed by atoms with E-state index in [2.05, 4.69) is 0 Å². The van der Waals surface area contributed by atoms with Crippen LogP contribution in [0.15, 0.2) is 30.5 Å². The summed E-state index contributed by atoms with van der Waals surface area (Å²) in [5.41, 5.74) is 0.995. The third-order valence-electron chi connectivity index (χ3n) is 3.41. The van der Waals surface area contributed by atoms with Crippen molar-refractivity contribution in [2.45, 2.75) is 6.54 Å². The van der Waals surface area contributed by atoms with Crippen LogP contribution in [0.5, 0.6) is 0 Å². The van der Waals surface area contributed by atoms with E-state index in [4.69, 9.17) is 16.3 Å². The van der Waals surface area contributed by atoms with Gasteiger partial charge in [-0.25, -0.2) is 0 Å². The zero-order valence-corrected chi connectivity index (χ0v) is 11.3. The van der Waals surface area contributed by atoms with Crippen molar-refractivity contribution < 1.29 is 9.53 Å². The molecule has 19 heavy (non-hydrogen) atoms. The van der Waals surface area contributed by atoms with Crippen LogP contribution in [0.3, 0.4) is 0 Å². The molecule has 100 valence electrons. The zero-order chi connectivity index (χ0) is 13.2. The third kappa shape index (κ3) is 2.60. The molecule has 2 heterocycles. The molecule has 0 bridgehead atoms. The van der Waals surface area contributed by atoms with E-state index in [1.807, 2.05) is 39.9 Å². The number of nitrogens with zero attached hydrogens (tertiary/aromatic N) is 2. The van der Waals surface area contributed by atoms with Crippen LogP contribution in [0.2, 0.25) is 5.02 Å². The van der Waals surface area contributed by atoms with Crippen LogP contribution >= 0.6 is 11.6 Å². The van der Waals surface area contributed by atoms with Gasteiger partial charge in [-0.2, -0.15) is 0 Å². The largest absolute Gasteiger partial charge is 0.378 e. The van der Waals surface area contributed by atoms with Crippen LogP contribution in [0.4, 0.5) is 0 Å². The Morgan fingerprint density at radius 2 is 2.05 bits per heavy atom. The summed E-state index contributed by atoms with van der Waals surface area (Å²) < 4.78 is 7.20. The Bertz CT molecular complexity index is 603. The van der Waals surface area contributed by atoms with Crippen molar-refractivity contribution in [3.63, 3.8) is 0 Å². The van der Waals surface area contributed by atoms with Crippen molar-refractivity contribution in [2.75, 3.05) is 26.3 Å². The number of morpholine rings is 1. The van der Waals surface area contributed by atoms with Gasteiger partial charge < -0.3 is 14.2 Å². The first-order chi connectivity index (χ1) is 9.24. The van der Waals surface area contributed by atoms with Crippen molar-refractivity contribution in [3.8, 4) is 0 Å². The van der Waals surface area contributed by atoms with Gasteiger partial charge in [0.1, 0.15) is 6.54 Å². The maximum atomic E-state index is 12.2.